The van der Waals surface area contributed by atoms with Crippen molar-refractivity contribution in [2.45, 2.75) is 58.0 Å². The molecule has 0 aromatic heterocycles. The Morgan fingerprint density at radius 1 is 1.26 bits per heavy atom. The molecule has 2 rings (SSSR count). The van der Waals surface area contributed by atoms with Gasteiger partial charge in [-0.15, -0.1) is 12.4 Å². The van der Waals surface area contributed by atoms with E-state index in [1.165, 1.54) is 12.0 Å². The first-order chi connectivity index (χ1) is 10.5. The number of anilines is 1. The molecule has 1 aliphatic heterocycles. The summed E-state index contributed by atoms with van der Waals surface area (Å²) in [5.74, 6) is 0.551. The Kier molecular flexibility index (Phi) is 8.03. The second-order valence-electron chi connectivity index (χ2n) is 6.72. The summed E-state index contributed by atoms with van der Waals surface area (Å²) < 4.78 is 0. The summed E-state index contributed by atoms with van der Waals surface area (Å²) in [6.07, 6.45) is 3.45. The van der Waals surface area contributed by atoms with Gasteiger partial charge < -0.3 is 11.1 Å². The molecule has 1 amide bonds. The van der Waals surface area contributed by atoms with Gasteiger partial charge >= 0.3 is 0 Å². The Bertz CT molecular complexity index is 488. The van der Waals surface area contributed by atoms with Gasteiger partial charge in [0.05, 0.1) is 6.54 Å². The van der Waals surface area contributed by atoms with Crippen molar-refractivity contribution in [1.29, 1.82) is 0 Å². The van der Waals surface area contributed by atoms with Crippen molar-refractivity contribution < 1.29 is 4.79 Å². The molecule has 1 aliphatic rings. The summed E-state index contributed by atoms with van der Waals surface area (Å²) in [4.78, 5) is 14.5. The number of halogens is 1. The number of carbonyl (C=O) groups excluding carboxylic acids is 1. The van der Waals surface area contributed by atoms with Crippen LogP contribution in [-0.4, -0.2) is 36.0 Å². The molecule has 0 spiro atoms. The molecule has 5 heteroatoms. The van der Waals surface area contributed by atoms with Crippen LogP contribution in [0.2, 0.25) is 0 Å². The summed E-state index contributed by atoms with van der Waals surface area (Å²) in [5.41, 5.74) is 8.21. The zero-order valence-corrected chi connectivity index (χ0v) is 15.2. The fourth-order valence-electron chi connectivity index (χ4n) is 3.14. The number of nitrogens with zero attached hydrogens (tertiary/aromatic N) is 1. The second kappa shape index (κ2) is 9.26. The van der Waals surface area contributed by atoms with Gasteiger partial charge in [0.15, 0.2) is 0 Å². The molecule has 1 aromatic rings. The van der Waals surface area contributed by atoms with Crippen molar-refractivity contribution in [1.82, 2.24) is 4.90 Å². The molecule has 2 atom stereocenters. The molecule has 1 heterocycles. The standard InChI is InChI=1S/C18H29N3O.ClH/c1-13(2)15-7-9-16(10-8-15)20-18(22)12-21-11-5-4-6-17(21)14(3)19;/h7-10,13-14,17H,4-6,11-12,19H2,1-3H3,(H,20,22);1H. The third-order valence-corrected chi connectivity index (χ3v) is 4.48. The lowest BCUT2D eigenvalue weighted by atomic mass is 9.97. The molecule has 23 heavy (non-hydrogen) atoms. The smallest absolute Gasteiger partial charge is 0.238 e. The number of hydrogen-bond acceptors (Lipinski definition) is 3. The van der Waals surface area contributed by atoms with Gasteiger partial charge in [0.1, 0.15) is 0 Å². The number of nitrogens with two attached hydrogens (primary N) is 1. The quantitative estimate of drug-likeness (QED) is 0.864. The van der Waals surface area contributed by atoms with Gasteiger partial charge in [0.2, 0.25) is 5.91 Å². The predicted octanol–water partition coefficient (Wildman–Crippen LogP) is 3.37. The van der Waals surface area contributed by atoms with Crippen molar-refractivity contribution in [3.05, 3.63) is 29.8 Å². The van der Waals surface area contributed by atoms with E-state index < -0.39 is 0 Å². The third kappa shape index (κ3) is 5.79. The molecular formula is C18H30ClN3O. The Balaban J connectivity index is 0.00000264. The molecule has 3 N–H and O–H groups in total. The Morgan fingerprint density at radius 2 is 1.91 bits per heavy atom. The Labute approximate surface area is 146 Å². The molecule has 0 radical (unpaired) electrons. The zero-order valence-electron chi connectivity index (χ0n) is 14.4. The van der Waals surface area contributed by atoms with Crippen LogP contribution in [0.4, 0.5) is 5.69 Å². The van der Waals surface area contributed by atoms with Gasteiger partial charge in [-0.3, -0.25) is 9.69 Å². The summed E-state index contributed by atoms with van der Waals surface area (Å²) in [7, 11) is 0. The number of piperidine rings is 1. The average Bonchev–Trinajstić information content (AvgIpc) is 2.48. The summed E-state index contributed by atoms with van der Waals surface area (Å²) in [5, 5.41) is 2.99. The van der Waals surface area contributed by atoms with Gasteiger partial charge in [-0.1, -0.05) is 32.4 Å². The molecule has 0 aliphatic carbocycles. The molecule has 0 saturated carbocycles. The first-order valence-electron chi connectivity index (χ1n) is 8.37. The number of amides is 1. The largest absolute Gasteiger partial charge is 0.327 e. The van der Waals surface area contributed by atoms with E-state index in [1.807, 2.05) is 19.1 Å². The first kappa shape index (κ1) is 19.9. The Hall–Kier alpha value is -1.10. The van der Waals surface area contributed by atoms with Gasteiger partial charge in [-0.05, 0) is 49.9 Å². The van der Waals surface area contributed by atoms with Crippen LogP contribution < -0.4 is 11.1 Å². The van der Waals surface area contributed by atoms with Gasteiger partial charge in [0.25, 0.3) is 0 Å². The van der Waals surface area contributed by atoms with E-state index in [9.17, 15) is 4.79 Å². The van der Waals surface area contributed by atoms with Crippen LogP contribution in [-0.2, 0) is 4.79 Å². The zero-order chi connectivity index (χ0) is 16.1. The summed E-state index contributed by atoms with van der Waals surface area (Å²) in [6.45, 7) is 7.76. The topological polar surface area (TPSA) is 58.4 Å². The highest BCUT2D eigenvalue weighted by Crippen LogP contribution is 2.20. The minimum atomic E-state index is 0. The van der Waals surface area contributed by atoms with Crippen LogP contribution in [0.25, 0.3) is 0 Å². The van der Waals surface area contributed by atoms with E-state index >= 15 is 0 Å². The minimum Gasteiger partial charge on any atom is -0.327 e. The lowest BCUT2D eigenvalue weighted by Gasteiger charge is -2.37. The number of likely N-dealkylation sites (tertiary alicyclic amines) is 1. The van der Waals surface area contributed by atoms with Crippen molar-refractivity contribution in [2.24, 2.45) is 5.73 Å². The average molecular weight is 340 g/mol. The lowest BCUT2D eigenvalue weighted by molar-refractivity contribution is -0.118. The summed E-state index contributed by atoms with van der Waals surface area (Å²) >= 11 is 0. The van der Waals surface area contributed by atoms with Crippen LogP contribution in [0.3, 0.4) is 0 Å². The monoisotopic (exact) mass is 339 g/mol. The first-order valence-corrected chi connectivity index (χ1v) is 8.37. The van der Waals surface area contributed by atoms with E-state index in [0.29, 0.717) is 18.5 Å². The molecule has 1 aromatic carbocycles. The number of carbonyl (C=O) groups is 1. The van der Waals surface area contributed by atoms with Gasteiger partial charge in [0, 0.05) is 17.8 Å². The SMILES string of the molecule is CC(C)c1ccc(NC(=O)CN2CCCCC2C(C)N)cc1.Cl. The maximum absolute atomic E-state index is 12.3. The summed E-state index contributed by atoms with van der Waals surface area (Å²) in [6, 6.07) is 8.54. The normalized spacial score (nSPS) is 20.0. The number of hydrogen-bond donors (Lipinski definition) is 2. The second-order valence-corrected chi connectivity index (χ2v) is 6.72. The van der Waals surface area contributed by atoms with Gasteiger partial charge in [-0.2, -0.15) is 0 Å². The minimum absolute atomic E-state index is 0. The maximum atomic E-state index is 12.3. The molecule has 0 bridgehead atoms. The van der Waals surface area contributed by atoms with E-state index in [4.69, 9.17) is 5.73 Å². The van der Waals surface area contributed by atoms with E-state index in [1.54, 1.807) is 0 Å². The van der Waals surface area contributed by atoms with E-state index in [2.05, 4.69) is 36.2 Å². The molecule has 4 nitrogen and oxygen atoms in total. The van der Waals surface area contributed by atoms with Crippen molar-refractivity contribution in [3.8, 4) is 0 Å². The highest BCUT2D eigenvalue weighted by atomic mass is 35.5. The molecule has 130 valence electrons. The molecule has 1 saturated heterocycles. The fraction of sp³-hybridized carbons (Fsp3) is 0.611. The van der Waals surface area contributed by atoms with E-state index in [-0.39, 0.29) is 24.4 Å². The van der Waals surface area contributed by atoms with Crippen LogP contribution in [0, 0.1) is 0 Å². The highest BCUT2D eigenvalue weighted by Gasteiger charge is 2.26. The number of nitrogens with one attached hydrogen (secondary N) is 1. The molecule has 1 fully saturated rings. The number of benzene rings is 1. The van der Waals surface area contributed by atoms with Crippen molar-refractivity contribution >= 4 is 24.0 Å². The third-order valence-electron chi connectivity index (χ3n) is 4.48. The van der Waals surface area contributed by atoms with Crippen LogP contribution in [0.1, 0.15) is 51.5 Å². The van der Waals surface area contributed by atoms with Crippen molar-refractivity contribution in [3.63, 3.8) is 0 Å². The fourth-order valence-corrected chi connectivity index (χ4v) is 3.14. The van der Waals surface area contributed by atoms with Gasteiger partial charge in [-0.25, -0.2) is 0 Å². The van der Waals surface area contributed by atoms with Crippen molar-refractivity contribution in [2.75, 3.05) is 18.4 Å². The van der Waals surface area contributed by atoms with Crippen LogP contribution in [0.15, 0.2) is 24.3 Å². The van der Waals surface area contributed by atoms with Crippen LogP contribution >= 0.6 is 12.4 Å². The maximum Gasteiger partial charge on any atom is 0.238 e. The predicted molar refractivity (Wildman–Crippen MR) is 99.3 cm³/mol. The highest BCUT2D eigenvalue weighted by molar-refractivity contribution is 5.92. The number of rotatable bonds is 5. The molecule has 2 unspecified atom stereocenters. The Morgan fingerprint density at radius 3 is 2.48 bits per heavy atom. The van der Waals surface area contributed by atoms with E-state index in [0.717, 1.165) is 25.1 Å². The van der Waals surface area contributed by atoms with Crippen LogP contribution in [0.5, 0.6) is 0 Å². The lowest BCUT2D eigenvalue weighted by Crippen LogP contribution is -2.51. The molecular weight excluding hydrogens is 310 g/mol.